The van der Waals surface area contributed by atoms with Gasteiger partial charge in [0.05, 0.1) is 4.90 Å². The Bertz CT molecular complexity index is 809. The van der Waals surface area contributed by atoms with Crippen molar-refractivity contribution in [3.05, 3.63) is 54.4 Å². The maximum atomic E-state index is 12.0. The molecule has 0 aliphatic heterocycles. The van der Waals surface area contributed by atoms with Crippen molar-refractivity contribution in [2.24, 2.45) is 0 Å². The van der Waals surface area contributed by atoms with Gasteiger partial charge in [-0.15, -0.1) is 18.0 Å². The van der Waals surface area contributed by atoms with E-state index >= 15 is 0 Å². The van der Waals surface area contributed by atoms with Gasteiger partial charge < -0.3 is 4.74 Å². The normalized spacial score (nSPS) is 11.8. The number of ether oxygens (including phenoxy) is 1. The monoisotopic (exact) mass is 361 g/mol. The van der Waals surface area contributed by atoms with Crippen LogP contribution in [0.5, 0.6) is 5.75 Å². The average molecular weight is 361 g/mol. The molecule has 1 aromatic carbocycles. The number of amides is 1. The Morgan fingerprint density at radius 1 is 1.08 bits per heavy atom. The van der Waals surface area contributed by atoms with E-state index in [4.69, 9.17) is 0 Å². The second-order valence-corrected chi connectivity index (χ2v) is 5.98. The van der Waals surface area contributed by atoms with E-state index in [0.29, 0.717) is 0 Å². The lowest BCUT2D eigenvalue weighted by atomic mass is 10.3. The Hall–Kier alpha value is -2.66. The summed E-state index contributed by atoms with van der Waals surface area (Å²) in [5, 5.41) is 0. The van der Waals surface area contributed by atoms with Gasteiger partial charge in [-0.2, -0.15) is 0 Å². The third-order valence-corrected chi connectivity index (χ3v) is 3.83. The van der Waals surface area contributed by atoms with Gasteiger partial charge in [-0.05, 0) is 36.4 Å². The number of nitrogens with one attached hydrogen (secondary N) is 2. The summed E-state index contributed by atoms with van der Waals surface area (Å²) in [6.07, 6.45) is -3.53. The van der Waals surface area contributed by atoms with Gasteiger partial charge in [-0.3, -0.25) is 15.2 Å². The molecule has 0 bridgehead atoms. The number of sulfonamides is 1. The van der Waals surface area contributed by atoms with E-state index in [9.17, 15) is 26.4 Å². The Morgan fingerprint density at radius 3 is 2.29 bits per heavy atom. The van der Waals surface area contributed by atoms with E-state index in [1.54, 1.807) is 6.07 Å². The van der Waals surface area contributed by atoms with E-state index in [2.05, 4.69) is 9.72 Å². The zero-order chi connectivity index (χ0) is 17.8. The van der Waals surface area contributed by atoms with Crippen molar-refractivity contribution in [1.82, 2.24) is 15.2 Å². The number of alkyl halides is 3. The second-order valence-electron chi connectivity index (χ2n) is 4.29. The largest absolute Gasteiger partial charge is 0.573 e. The van der Waals surface area contributed by atoms with Gasteiger partial charge in [-0.25, -0.2) is 8.42 Å². The Balaban J connectivity index is 2.04. The second kappa shape index (κ2) is 6.84. The van der Waals surface area contributed by atoms with Gasteiger partial charge in [0.1, 0.15) is 11.4 Å². The summed E-state index contributed by atoms with van der Waals surface area (Å²) in [7, 11) is -4.17. The van der Waals surface area contributed by atoms with Gasteiger partial charge in [0, 0.05) is 6.20 Å². The molecule has 2 rings (SSSR count). The standard InChI is InChI=1S/C13H10F3N3O4S/c14-13(15,16)23-9-4-6-10(7-5-9)24(21,22)19-18-12(20)11-3-1-2-8-17-11/h1-8,19H,(H,18,20). The van der Waals surface area contributed by atoms with Crippen LogP contribution in [0, 0.1) is 0 Å². The van der Waals surface area contributed by atoms with Crippen LogP contribution < -0.4 is 15.0 Å². The molecule has 1 amide bonds. The maximum absolute atomic E-state index is 12.0. The number of hydrogen-bond acceptors (Lipinski definition) is 5. The van der Waals surface area contributed by atoms with E-state index in [1.165, 1.54) is 18.3 Å². The molecule has 0 fully saturated rings. The molecule has 0 aliphatic carbocycles. The molecule has 0 unspecified atom stereocenters. The Labute approximate surface area is 134 Å². The number of hydrazine groups is 1. The molecule has 0 saturated heterocycles. The van der Waals surface area contributed by atoms with Gasteiger partial charge >= 0.3 is 6.36 Å². The molecule has 0 radical (unpaired) electrons. The van der Waals surface area contributed by atoms with E-state index < -0.39 is 28.0 Å². The molecule has 11 heteroatoms. The van der Waals surface area contributed by atoms with Crippen LogP contribution in [-0.4, -0.2) is 25.7 Å². The van der Waals surface area contributed by atoms with E-state index in [1.807, 2.05) is 10.3 Å². The molecule has 2 N–H and O–H groups in total. The zero-order valence-electron chi connectivity index (χ0n) is 11.7. The molecule has 0 saturated carbocycles. The molecule has 1 heterocycles. The number of rotatable bonds is 5. The van der Waals surface area contributed by atoms with Crippen molar-refractivity contribution in [3.63, 3.8) is 0 Å². The van der Waals surface area contributed by atoms with E-state index in [-0.39, 0.29) is 10.6 Å². The van der Waals surface area contributed by atoms with Crippen LogP contribution in [0.1, 0.15) is 10.5 Å². The van der Waals surface area contributed by atoms with Crippen molar-refractivity contribution in [2.45, 2.75) is 11.3 Å². The third kappa shape index (κ3) is 4.93. The lowest BCUT2D eigenvalue weighted by Crippen LogP contribution is -2.41. The van der Waals surface area contributed by atoms with Gasteiger partial charge in [0.25, 0.3) is 15.9 Å². The van der Waals surface area contributed by atoms with Crippen LogP contribution in [0.15, 0.2) is 53.6 Å². The molecule has 1 aromatic heterocycles. The Kier molecular flexibility index (Phi) is 5.04. The van der Waals surface area contributed by atoms with Crippen LogP contribution in [0.2, 0.25) is 0 Å². The molecular formula is C13H10F3N3O4S. The summed E-state index contributed by atoms with van der Waals surface area (Å²) in [6, 6.07) is 7.95. The van der Waals surface area contributed by atoms with Crippen LogP contribution in [0.4, 0.5) is 13.2 Å². The molecule has 24 heavy (non-hydrogen) atoms. The third-order valence-electron chi connectivity index (χ3n) is 2.56. The first-order chi connectivity index (χ1) is 11.2. The first-order valence-electron chi connectivity index (χ1n) is 6.26. The summed E-state index contributed by atoms with van der Waals surface area (Å²) in [6.45, 7) is 0. The molecule has 0 aliphatic rings. The minimum atomic E-state index is -4.88. The van der Waals surface area contributed by atoms with Crippen LogP contribution >= 0.6 is 0 Å². The van der Waals surface area contributed by atoms with Crippen molar-refractivity contribution < 1.29 is 31.1 Å². The molecule has 0 atom stereocenters. The smallest absolute Gasteiger partial charge is 0.406 e. The van der Waals surface area contributed by atoms with Crippen molar-refractivity contribution >= 4 is 15.9 Å². The summed E-state index contributed by atoms with van der Waals surface area (Å²) in [4.78, 5) is 16.9. The topological polar surface area (TPSA) is 97.4 Å². The van der Waals surface area contributed by atoms with Crippen LogP contribution in [0.25, 0.3) is 0 Å². The van der Waals surface area contributed by atoms with Crippen LogP contribution in [-0.2, 0) is 10.0 Å². The lowest BCUT2D eigenvalue weighted by Gasteiger charge is -2.10. The molecule has 2 aromatic rings. The highest BCUT2D eigenvalue weighted by atomic mass is 32.2. The number of benzene rings is 1. The summed E-state index contributed by atoms with van der Waals surface area (Å²) < 4.78 is 63.7. The number of aromatic nitrogens is 1. The number of carbonyl (C=O) groups is 1. The van der Waals surface area contributed by atoms with Crippen molar-refractivity contribution in [1.29, 1.82) is 0 Å². The molecular weight excluding hydrogens is 351 g/mol. The fraction of sp³-hybridized carbons (Fsp3) is 0.0769. The fourth-order valence-corrected chi connectivity index (χ4v) is 2.39. The molecule has 7 nitrogen and oxygen atoms in total. The summed E-state index contributed by atoms with van der Waals surface area (Å²) in [5.41, 5.74) is 1.92. The maximum Gasteiger partial charge on any atom is 0.573 e. The minimum Gasteiger partial charge on any atom is -0.406 e. The highest BCUT2D eigenvalue weighted by Crippen LogP contribution is 2.23. The predicted octanol–water partition coefficient (Wildman–Crippen LogP) is 1.60. The summed E-state index contributed by atoms with van der Waals surface area (Å²) >= 11 is 0. The molecule has 0 spiro atoms. The van der Waals surface area contributed by atoms with E-state index in [0.717, 1.165) is 24.3 Å². The van der Waals surface area contributed by atoms with Gasteiger partial charge in [0.15, 0.2) is 0 Å². The molecule has 128 valence electrons. The number of halogens is 3. The average Bonchev–Trinajstić information content (AvgIpc) is 2.52. The minimum absolute atomic E-state index is 0.0193. The highest BCUT2D eigenvalue weighted by molar-refractivity contribution is 7.89. The van der Waals surface area contributed by atoms with Crippen molar-refractivity contribution in [3.8, 4) is 5.75 Å². The first kappa shape index (κ1) is 17.7. The number of hydrogen-bond donors (Lipinski definition) is 2. The Morgan fingerprint density at radius 2 is 1.75 bits per heavy atom. The van der Waals surface area contributed by atoms with Crippen molar-refractivity contribution in [2.75, 3.05) is 0 Å². The highest BCUT2D eigenvalue weighted by Gasteiger charge is 2.31. The first-order valence-corrected chi connectivity index (χ1v) is 7.75. The number of carbonyl (C=O) groups excluding carboxylic acids is 1. The zero-order valence-corrected chi connectivity index (χ0v) is 12.6. The summed E-state index contributed by atoms with van der Waals surface area (Å²) in [5.74, 6) is -1.37. The lowest BCUT2D eigenvalue weighted by molar-refractivity contribution is -0.274. The quantitative estimate of drug-likeness (QED) is 0.789. The fourth-order valence-electron chi connectivity index (χ4n) is 1.55. The van der Waals surface area contributed by atoms with Gasteiger partial charge in [-0.1, -0.05) is 6.07 Å². The SMILES string of the molecule is O=C(NNS(=O)(=O)c1ccc(OC(F)(F)F)cc1)c1ccccn1. The number of pyridine rings is 1. The predicted molar refractivity (Wildman–Crippen MR) is 75.1 cm³/mol. The number of nitrogens with zero attached hydrogens (tertiary/aromatic N) is 1. The van der Waals surface area contributed by atoms with Gasteiger partial charge in [0.2, 0.25) is 0 Å². The van der Waals surface area contributed by atoms with Crippen LogP contribution in [0.3, 0.4) is 0 Å².